The fourth-order valence-corrected chi connectivity index (χ4v) is 4.68. The largest absolute Gasteiger partial charge is 0.469 e. The predicted molar refractivity (Wildman–Crippen MR) is 137 cm³/mol. The van der Waals surface area contributed by atoms with E-state index in [9.17, 15) is 27.9 Å². The molecule has 3 aromatic carbocycles. The first-order valence-corrected chi connectivity index (χ1v) is 12.4. The Morgan fingerprint density at radius 2 is 1.93 bits per heavy atom. The average molecular weight is 555 g/mol. The van der Waals surface area contributed by atoms with E-state index in [1.165, 1.54) is 19.4 Å². The fourth-order valence-electron chi connectivity index (χ4n) is 4.68. The smallest absolute Gasteiger partial charge is 0.309 e. The number of nitrogens with one attached hydrogen (secondary N) is 2. The Kier molecular flexibility index (Phi) is 7.76. The molecular weight excluding hydrogens is 529 g/mol. The van der Waals surface area contributed by atoms with E-state index >= 15 is 0 Å². The fraction of sp³-hybridized carbons (Fsp3) is 0.241. The van der Waals surface area contributed by atoms with Gasteiger partial charge in [-0.05, 0) is 41.8 Å². The molecule has 40 heavy (non-hydrogen) atoms. The third-order valence-electron chi connectivity index (χ3n) is 6.73. The number of carbonyl (C=O) groups excluding carboxylic acids is 2. The number of aromatic nitrogens is 1. The van der Waals surface area contributed by atoms with Gasteiger partial charge in [-0.2, -0.15) is 0 Å². The van der Waals surface area contributed by atoms with Gasteiger partial charge >= 0.3 is 5.97 Å². The van der Waals surface area contributed by atoms with Crippen LogP contribution in [0.1, 0.15) is 34.0 Å². The summed E-state index contributed by atoms with van der Waals surface area (Å²) in [6.45, 7) is 0.194. The van der Waals surface area contributed by atoms with Crippen LogP contribution in [0.5, 0.6) is 11.5 Å². The number of fused-ring (bicyclic) bond motifs is 1. The number of aromatic amines is 1. The zero-order valence-electron chi connectivity index (χ0n) is 21.2. The van der Waals surface area contributed by atoms with E-state index < -0.39 is 58.9 Å². The molecule has 3 atom stereocenters. The maximum atomic E-state index is 14.8. The second-order valence-corrected chi connectivity index (χ2v) is 9.33. The number of methoxy groups -OCH3 is 1. The summed E-state index contributed by atoms with van der Waals surface area (Å²) in [5.74, 6) is -4.94. The minimum atomic E-state index is -1.19. The topological polar surface area (TPSA) is 110 Å². The third kappa shape index (κ3) is 5.51. The molecule has 8 nitrogen and oxygen atoms in total. The van der Waals surface area contributed by atoms with Crippen molar-refractivity contribution in [1.29, 1.82) is 0 Å². The van der Waals surface area contributed by atoms with E-state index in [2.05, 4.69) is 10.3 Å². The summed E-state index contributed by atoms with van der Waals surface area (Å²) in [5, 5.41) is 13.7. The number of aliphatic hydroxyl groups is 1. The molecule has 0 spiro atoms. The lowest BCUT2D eigenvalue weighted by atomic mass is 9.92. The molecule has 1 fully saturated rings. The quantitative estimate of drug-likeness (QED) is 0.286. The Balaban J connectivity index is 1.32. The molecule has 5 rings (SSSR count). The normalized spacial score (nSPS) is 18.9. The van der Waals surface area contributed by atoms with E-state index in [-0.39, 0.29) is 36.1 Å². The molecule has 1 amide bonds. The van der Waals surface area contributed by atoms with Crippen LogP contribution < -0.4 is 10.1 Å². The lowest BCUT2D eigenvalue weighted by molar-refractivity contribution is -0.139. The molecule has 1 saturated heterocycles. The summed E-state index contributed by atoms with van der Waals surface area (Å²) in [4.78, 5) is 27.4. The van der Waals surface area contributed by atoms with Crippen molar-refractivity contribution in [3.63, 3.8) is 0 Å². The van der Waals surface area contributed by atoms with Crippen LogP contribution in [0, 0.1) is 17.5 Å². The minimum Gasteiger partial charge on any atom is -0.469 e. The molecule has 208 valence electrons. The first-order chi connectivity index (χ1) is 19.2. The summed E-state index contributed by atoms with van der Waals surface area (Å²) in [6.07, 6.45) is -0.269. The Labute approximate surface area is 226 Å². The van der Waals surface area contributed by atoms with Gasteiger partial charge in [0, 0.05) is 24.3 Å². The first kappa shape index (κ1) is 27.2. The number of carbonyl (C=O) groups is 2. The van der Waals surface area contributed by atoms with Gasteiger partial charge in [0.1, 0.15) is 23.8 Å². The van der Waals surface area contributed by atoms with E-state index in [1.807, 2.05) is 0 Å². The maximum Gasteiger partial charge on any atom is 0.309 e. The zero-order chi connectivity index (χ0) is 28.4. The number of hydrogen-bond donors (Lipinski definition) is 3. The molecule has 0 aliphatic carbocycles. The highest BCUT2D eigenvalue weighted by Crippen LogP contribution is 2.34. The van der Waals surface area contributed by atoms with Gasteiger partial charge in [0.25, 0.3) is 5.91 Å². The van der Waals surface area contributed by atoms with Gasteiger partial charge in [-0.25, -0.2) is 13.2 Å². The number of benzene rings is 3. The van der Waals surface area contributed by atoms with Gasteiger partial charge in [-0.3, -0.25) is 9.59 Å². The van der Waals surface area contributed by atoms with Gasteiger partial charge in [0.05, 0.1) is 30.7 Å². The van der Waals surface area contributed by atoms with Gasteiger partial charge in [-0.1, -0.05) is 24.3 Å². The van der Waals surface area contributed by atoms with Crippen LogP contribution in [0.2, 0.25) is 0 Å². The molecular formula is C29H25F3N2O6. The summed E-state index contributed by atoms with van der Waals surface area (Å²) < 4.78 is 59.8. The van der Waals surface area contributed by atoms with Crippen LogP contribution in [-0.2, 0) is 20.7 Å². The number of ether oxygens (including phenoxy) is 3. The number of hydrogen-bond acceptors (Lipinski definition) is 6. The molecule has 3 N–H and O–H groups in total. The monoisotopic (exact) mass is 554 g/mol. The highest BCUT2D eigenvalue weighted by molar-refractivity contribution is 5.95. The maximum absolute atomic E-state index is 14.8. The lowest BCUT2D eigenvalue weighted by Crippen LogP contribution is -2.50. The van der Waals surface area contributed by atoms with Crippen molar-refractivity contribution >= 4 is 22.8 Å². The van der Waals surface area contributed by atoms with Crippen molar-refractivity contribution in [3.05, 3.63) is 94.9 Å². The van der Waals surface area contributed by atoms with E-state index in [4.69, 9.17) is 14.2 Å². The van der Waals surface area contributed by atoms with Gasteiger partial charge in [0.2, 0.25) is 0 Å². The van der Waals surface area contributed by atoms with Crippen LogP contribution in [0.25, 0.3) is 10.9 Å². The van der Waals surface area contributed by atoms with E-state index in [1.54, 1.807) is 24.3 Å². The van der Waals surface area contributed by atoms with Gasteiger partial charge in [0.15, 0.2) is 17.4 Å². The lowest BCUT2D eigenvalue weighted by Gasteiger charge is -2.35. The van der Waals surface area contributed by atoms with Crippen LogP contribution in [0.15, 0.2) is 60.8 Å². The molecule has 2 heterocycles. The van der Waals surface area contributed by atoms with Gasteiger partial charge in [-0.15, -0.1) is 0 Å². The first-order valence-electron chi connectivity index (χ1n) is 12.4. The van der Waals surface area contributed by atoms with Crippen molar-refractivity contribution in [2.75, 3.05) is 13.7 Å². The molecule has 1 aliphatic rings. The summed E-state index contributed by atoms with van der Waals surface area (Å²) in [7, 11) is 1.29. The second kappa shape index (κ2) is 11.4. The Morgan fingerprint density at radius 3 is 2.73 bits per heavy atom. The summed E-state index contributed by atoms with van der Waals surface area (Å²) in [6, 6.07) is 11.7. The van der Waals surface area contributed by atoms with Gasteiger partial charge < -0.3 is 29.6 Å². The summed E-state index contributed by atoms with van der Waals surface area (Å²) in [5.41, 5.74) is 1.06. The standard InChI is InChI=1S/C29H25F3N2O6/c1-38-24(35)12-15-3-2-4-16(11-15)27-26(36)22(8-10-39-27)34-29(37)19-13-17(5-6-20(19)30)40-28-21(31)14-23-18(25(28)32)7-9-33-23/h2-7,9,11,13-14,22,26-27,33,36H,8,10,12H2,1H3,(H,34,37). The molecule has 1 aliphatic heterocycles. The number of esters is 1. The highest BCUT2D eigenvalue weighted by atomic mass is 19.1. The zero-order valence-corrected chi connectivity index (χ0v) is 21.2. The average Bonchev–Trinajstić information content (AvgIpc) is 3.41. The van der Waals surface area contributed by atoms with E-state index in [0.717, 1.165) is 24.3 Å². The van der Waals surface area contributed by atoms with Crippen molar-refractivity contribution in [3.8, 4) is 11.5 Å². The van der Waals surface area contributed by atoms with Crippen molar-refractivity contribution in [1.82, 2.24) is 10.3 Å². The number of amides is 1. The number of aliphatic hydroxyl groups excluding tert-OH is 1. The molecule has 11 heteroatoms. The summed E-state index contributed by atoms with van der Waals surface area (Å²) >= 11 is 0. The molecule has 4 aromatic rings. The molecule has 0 radical (unpaired) electrons. The Morgan fingerprint density at radius 1 is 1.10 bits per heavy atom. The number of H-pyrrole nitrogens is 1. The third-order valence-corrected chi connectivity index (χ3v) is 6.73. The molecule has 0 saturated carbocycles. The highest BCUT2D eigenvalue weighted by Gasteiger charge is 2.35. The SMILES string of the molecule is COC(=O)Cc1cccc(C2OCCC(NC(=O)c3cc(Oc4c(F)cc5[nH]ccc5c4F)ccc3F)C2O)c1. The molecule has 3 unspecified atom stereocenters. The van der Waals surface area contributed by atoms with Crippen molar-refractivity contribution < 1.29 is 42.1 Å². The molecule has 0 bridgehead atoms. The Bertz CT molecular complexity index is 1570. The minimum absolute atomic E-state index is 0.0395. The van der Waals surface area contributed by atoms with Crippen molar-refractivity contribution in [2.24, 2.45) is 0 Å². The van der Waals surface area contributed by atoms with Crippen LogP contribution in [-0.4, -0.2) is 47.8 Å². The van der Waals surface area contributed by atoms with Crippen LogP contribution in [0.4, 0.5) is 13.2 Å². The number of rotatable bonds is 7. The second-order valence-electron chi connectivity index (χ2n) is 9.33. The number of halogens is 3. The van der Waals surface area contributed by atoms with Crippen LogP contribution >= 0.6 is 0 Å². The van der Waals surface area contributed by atoms with E-state index in [0.29, 0.717) is 11.1 Å². The van der Waals surface area contributed by atoms with Crippen molar-refractivity contribution in [2.45, 2.75) is 31.1 Å². The van der Waals surface area contributed by atoms with Crippen LogP contribution in [0.3, 0.4) is 0 Å². The Hall–Kier alpha value is -4.35. The molecule has 1 aromatic heterocycles. The predicted octanol–water partition coefficient (Wildman–Crippen LogP) is 4.71.